The van der Waals surface area contributed by atoms with Crippen LogP contribution < -0.4 is 5.32 Å². The summed E-state index contributed by atoms with van der Waals surface area (Å²) >= 11 is 3.03. The lowest BCUT2D eigenvalue weighted by Gasteiger charge is -2.02. The number of amides is 1. The Morgan fingerprint density at radius 2 is 2.05 bits per heavy atom. The van der Waals surface area contributed by atoms with Crippen molar-refractivity contribution >= 4 is 34.1 Å². The van der Waals surface area contributed by atoms with Gasteiger partial charge in [0.15, 0.2) is 0 Å². The third kappa shape index (κ3) is 4.61. The second-order valence-electron chi connectivity index (χ2n) is 4.63. The third-order valence-corrected chi connectivity index (χ3v) is 4.67. The van der Waals surface area contributed by atoms with Gasteiger partial charge in [-0.15, -0.1) is 22.0 Å². The number of rotatable bonds is 6. The van der Waals surface area contributed by atoms with Crippen LogP contribution in [0.3, 0.4) is 0 Å². The van der Waals surface area contributed by atoms with Crippen molar-refractivity contribution in [1.82, 2.24) is 10.2 Å². The predicted octanol–water partition coefficient (Wildman–Crippen LogP) is 3.53. The van der Waals surface area contributed by atoms with Crippen LogP contribution in [0.25, 0.3) is 0 Å². The first-order chi connectivity index (χ1) is 9.65. The van der Waals surface area contributed by atoms with E-state index >= 15 is 0 Å². The number of nitrogens with zero attached hydrogens (tertiary/aromatic N) is 2. The second kappa shape index (κ2) is 7.40. The Bertz CT molecular complexity index is 555. The van der Waals surface area contributed by atoms with Crippen LogP contribution in [0.5, 0.6) is 0 Å². The molecule has 2 aromatic rings. The molecule has 0 saturated heterocycles. The van der Waals surface area contributed by atoms with Crippen LogP contribution in [0.15, 0.2) is 30.3 Å². The normalized spacial score (nSPS) is 10.8. The van der Waals surface area contributed by atoms with Crippen LogP contribution in [0, 0.1) is 0 Å². The van der Waals surface area contributed by atoms with Gasteiger partial charge in [0.25, 0.3) is 0 Å². The molecule has 1 N–H and O–H groups in total. The zero-order chi connectivity index (χ0) is 14.4. The first-order valence-electron chi connectivity index (χ1n) is 6.40. The van der Waals surface area contributed by atoms with Crippen LogP contribution in [-0.2, 0) is 10.5 Å². The van der Waals surface area contributed by atoms with Gasteiger partial charge in [-0.05, 0) is 5.56 Å². The van der Waals surface area contributed by atoms with Gasteiger partial charge in [0.05, 0.1) is 5.75 Å². The van der Waals surface area contributed by atoms with Crippen molar-refractivity contribution in [3.05, 3.63) is 40.9 Å². The number of hydrogen-bond acceptors (Lipinski definition) is 5. The lowest BCUT2D eigenvalue weighted by Crippen LogP contribution is -2.13. The van der Waals surface area contributed by atoms with Crippen molar-refractivity contribution in [2.75, 3.05) is 11.1 Å². The van der Waals surface area contributed by atoms with E-state index in [1.54, 1.807) is 11.8 Å². The SMILES string of the molecule is CC(C)c1nnc(NC(=O)CSCc2ccccc2)s1. The Kier molecular flexibility index (Phi) is 5.55. The van der Waals surface area contributed by atoms with Gasteiger partial charge in [0, 0.05) is 11.7 Å². The molecule has 6 heteroatoms. The van der Waals surface area contributed by atoms with E-state index in [1.165, 1.54) is 16.9 Å². The summed E-state index contributed by atoms with van der Waals surface area (Å²) in [6, 6.07) is 10.1. The molecule has 0 radical (unpaired) electrons. The fourth-order valence-electron chi connectivity index (χ4n) is 1.51. The minimum atomic E-state index is -0.0302. The van der Waals surface area contributed by atoms with Gasteiger partial charge < -0.3 is 0 Å². The second-order valence-corrected chi connectivity index (χ2v) is 6.62. The highest BCUT2D eigenvalue weighted by molar-refractivity contribution is 7.99. The molecule has 0 fully saturated rings. The van der Waals surface area contributed by atoms with Crippen LogP contribution in [-0.4, -0.2) is 21.9 Å². The monoisotopic (exact) mass is 307 g/mol. The first-order valence-corrected chi connectivity index (χ1v) is 8.37. The van der Waals surface area contributed by atoms with Crippen molar-refractivity contribution in [1.29, 1.82) is 0 Å². The molecule has 0 saturated carbocycles. The zero-order valence-corrected chi connectivity index (χ0v) is 13.1. The molecular weight excluding hydrogens is 290 g/mol. The fourth-order valence-corrected chi connectivity index (χ4v) is 3.06. The van der Waals surface area contributed by atoms with Gasteiger partial charge in [-0.25, -0.2) is 0 Å². The highest BCUT2D eigenvalue weighted by atomic mass is 32.2. The number of nitrogens with one attached hydrogen (secondary N) is 1. The van der Waals surface area contributed by atoms with Crippen LogP contribution >= 0.6 is 23.1 Å². The minimum absolute atomic E-state index is 0.0302. The van der Waals surface area contributed by atoms with E-state index in [0.717, 1.165) is 10.8 Å². The maximum atomic E-state index is 11.8. The van der Waals surface area contributed by atoms with Gasteiger partial charge in [0.2, 0.25) is 11.0 Å². The fraction of sp³-hybridized carbons (Fsp3) is 0.357. The van der Waals surface area contributed by atoms with Crippen molar-refractivity contribution in [3.8, 4) is 0 Å². The molecule has 1 amide bonds. The minimum Gasteiger partial charge on any atom is -0.300 e. The standard InChI is InChI=1S/C14H17N3OS2/c1-10(2)13-16-17-14(20-13)15-12(18)9-19-8-11-6-4-3-5-7-11/h3-7,10H,8-9H2,1-2H3,(H,15,17,18). The largest absolute Gasteiger partial charge is 0.300 e. The molecule has 1 heterocycles. The number of carbonyl (C=O) groups excluding carboxylic acids is 1. The van der Waals surface area contributed by atoms with Crippen LogP contribution in [0.1, 0.15) is 30.3 Å². The summed E-state index contributed by atoms with van der Waals surface area (Å²) in [7, 11) is 0. The third-order valence-electron chi connectivity index (χ3n) is 2.53. The summed E-state index contributed by atoms with van der Waals surface area (Å²) in [4.78, 5) is 11.8. The lowest BCUT2D eigenvalue weighted by molar-refractivity contribution is -0.113. The van der Waals surface area contributed by atoms with E-state index < -0.39 is 0 Å². The van der Waals surface area contributed by atoms with E-state index in [1.807, 2.05) is 18.2 Å². The van der Waals surface area contributed by atoms with Crippen LogP contribution in [0.2, 0.25) is 0 Å². The van der Waals surface area contributed by atoms with Crippen molar-refractivity contribution in [2.45, 2.75) is 25.5 Å². The Labute approximate surface area is 127 Å². The molecule has 106 valence electrons. The van der Waals surface area contributed by atoms with E-state index in [9.17, 15) is 4.79 Å². The number of anilines is 1. The summed E-state index contributed by atoms with van der Waals surface area (Å²) in [5, 5.41) is 12.3. The smallest absolute Gasteiger partial charge is 0.236 e. The number of thioether (sulfide) groups is 1. The molecule has 4 nitrogen and oxygen atoms in total. The molecule has 1 aromatic carbocycles. The van der Waals surface area contributed by atoms with Gasteiger partial charge >= 0.3 is 0 Å². The molecular formula is C14H17N3OS2. The Hall–Kier alpha value is -1.40. The van der Waals surface area contributed by atoms with Crippen LogP contribution in [0.4, 0.5) is 5.13 Å². The lowest BCUT2D eigenvalue weighted by atomic mass is 10.2. The van der Waals surface area contributed by atoms with E-state index in [-0.39, 0.29) is 5.91 Å². The molecule has 0 aliphatic carbocycles. The van der Waals surface area contributed by atoms with E-state index in [4.69, 9.17) is 0 Å². The molecule has 0 aliphatic heterocycles. The number of carbonyl (C=O) groups is 1. The summed E-state index contributed by atoms with van der Waals surface area (Å²) in [6.45, 7) is 4.11. The van der Waals surface area contributed by atoms with E-state index in [0.29, 0.717) is 16.8 Å². The molecule has 0 bridgehead atoms. The molecule has 0 spiro atoms. The maximum Gasteiger partial charge on any atom is 0.236 e. The van der Waals surface area contributed by atoms with Gasteiger partial charge in [-0.3, -0.25) is 10.1 Å². The first kappa shape index (κ1) is 15.0. The average molecular weight is 307 g/mol. The summed E-state index contributed by atoms with van der Waals surface area (Å²) in [6.07, 6.45) is 0. The highest BCUT2D eigenvalue weighted by Crippen LogP contribution is 2.22. The number of hydrogen-bond donors (Lipinski definition) is 1. The molecule has 2 rings (SSSR count). The summed E-state index contributed by atoms with van der Waals surface area (Å²) in [5.41, 5.74) is 1.23. The van der Waals surface area contributed by atoms with Gasteiger partial charge in [-0.2, -0.15) is 0 Å². The summed E-state index contributed by atoms with van der Waals surface area (Å²) in [5.74, 6) is 1.57. The molecule has 20 heavy (non-hydrogen) atoms. The molecule has 0 unspecified atom stereocenters. The van der Waals surface area contributed by atoms with Gasteiger partial charge in [0.1, 0.15) is 5.01 Å². The Morgan fingerprint density at radius 3 is 2.70 bits per heavy atom. The number of aromatic nitrogens is 2. The predicted molar refractivity (Wildman–Crippen MR) is 85.2 cm³/mol. The number of benzene rings is 1. The molecule has 0 atom stereocenters. The van der Waals surface area contributed by atoms with Crippen molar-refractivity contribution in [3.63, 3.8) is 0 Å². The maximum absolute atomic E-state index is 11.8. The topological polar surface area (TPSA) is 54.9 Å². The van der Waals surface area contributed by atoms with Crippen molar-refractivity contribution < 1.29 is 4.79 Å². The quantitative estimate of drug-likeness (QED) is 0.887. The van der Waals surface area contributed by atoms with Crippen molar-refractivity contribution in [2.24, 2.45) is 0 Å². The average Bonchev–Trinajstić information content (AvgIpc) is 2.88. The summed E-state index contributed by atoms with van der Waals surface area (Å²) < 4.78 is 0. The van der Waals surface area contributed by atoms with Gasteiger partial charge in [-0.1, -0.05) is 55.5 Å². The zero-order valence-electron chi connectivity index (χ0n) is 11.5. The molecule has 1 aromatic heterocycles. The Morgan fingerprint density at radius 1 is 1.30 bits per heavy atom. The highest BCUT2D eigenvalue weighted by Gasteiger charge is 2.10. The Balaban J connectivity index is 1.75. The van der Waals surface area contributed by atoms with E-state index in [2.05, 4.69) is 41.5 Å². The molecule has 0 aliphatic rings.